The van der Waals surface area contributed by atoms with Crippen molar-refractivity contribution in [3.8, 4) is 0 Å². The van der Waals surface area contributed by atoms with E-state index in [1.165, 1.54) is 15.8 Å². The maximum atomic E-state index is 12.1. The molecule has 0 spiro atoms. The largest absolute Gasteiger partial charge is 0.450 e. The summed E-state index contributed by atoms with van der Waals surface area (Å²) in [5, 5.41) is 1.99. The minimum atomic E-state index is -0.228. The molecular weight excluding hydrogens is 408 g/mol. The van der Waals surface area contributed by atoms with E-state index in [0.717, 1.165) is 41.1 Å². The summed E-state index contributed by atoms with van der Waals surface area (Å²) in [6.45, 7) is 12.0. The van der Waals surface area contributed by atoms with Gasteiger partial charge in [-0.2, -0.15) is 0 Å². The van der Waals surface area contributed by atoms with Gasteiger partial charge in [0, 0.05) is 37.5 Å². The van der Waals surface area contributed by atoms with E-state index in [4.69, 9.17) is 19.4 Å². The Balaban J connectivity index is 1.69. The van der Waals surface area contributed by atoms with Crippen LogP contribution in [-0.2, 0) is 22.5 Å². The van der Waals surface area contributed by atoms with Crippen molar-refractivity contribution in [3.05, 3.63) is 10.4 Å². The monoisotopic (exact) mass is 436 g/mol. The van der Waals surface area contributed by atoms with E-state index in [0.29, 0.717) is 26.3 Å². The van der Waals surface area contributed by atoms with E-state index in [1.807, 2.05) is 6.92 Å². The minimum Gasteiger partial charge on any atom is -0.450 e. The molecule has 1 amide bonds. The number of carbonyl (C=O) groups is 1. The Morgan fingerprint density at radius 3 is 2.69 bits per heavy atom. The molecule has 0 atom stereocenters. The van der Waals surface area contributed by atoms with Gasteiger partial charge in [-0.15, -0.1) is 11.3 Å². The predicted octanol–water partition coefficient (Wildman–Crippen LogP) is 3.93. The molecule has 2 aliphatic heterocycles. The van der Waals surface area contributed by atoms with Crippen LogP contribution in [0.1, 0.15) is 38.1 Å². The molecule has 2 aromatic rings. The number of thioether (sulfide) groups is 1. The molecule has 2 aliphatic rings. The van der Waals surface area contributed by atoms with Gasteiger partial charge in [0.15, 0.2) is 5.16 Å². The summed E-state index contributed by atoms with van der Waals surface area (Å²) in [7, 11) is 0. The maximum absolute atomic E-state index is 12.1. The second kappa shape index (κ2) is 8.28. The fraction of sp³-hybridized carbons (Fsp3) is 0.650. The lowest BCUT2D eigenvalue weighted by Gasteiger charge is -2.35. The number of aromatic nitrogens is 2. The van der Waals surface area contributed by atoms with Crippen molar-refractivity contribution < 1.29 is 14.3 Å². The lowest BCUT2D eigenvalue weighted by molar-refractivity contribution is -0.0379. The average molecular weight is 437 g/mol. The van der Waals surface area contributed by atoms with Gasteiger partial charge in [-0.25, -0.2) is 14.8 Å². The van der Waals surface area contributed by atoms with Crippen molar-refractivity contribution >= 4 is 45.2 Å². The Bertz CT molecular complexity index is 907. The number of nitrogens with zero attached hydrogens (tertiary/aromatic N) is 4. The number of thiophene rings is 1. The first-order chi connectivity index (χ1) is 13.9. The smallest absolute Gasteiger partial charge is 0.409 e. The molecule has 0 radical (unpaired) electrons. The molecule has 7 nitrogen and oxygen atoms in total. The number of fused-ring (bicyclic) bond motifs is 3. The number of amides is 1. The zero-order chi connectivity index (χ0) is 20.6. The van der Waals surface area contributed by atoms with Crippen LogP contribution in [-0.4, -0.2) is 65.1 Å². The van der Waals surface area contributed by atoms with Gasteiger partial charge in [0.1, 0.15) is 10.6 Å². The Hall–Kier alpha value is -1.58. The Morgan fingerprint density at radius 2 is 2.00 bits per heavy atom. The third-order valence-electron chi connectivity index (χ3n) is 5.27. The predicted molar refractivity (Wildman–Crippen MR) is 117 cm³/mol. The first-order valence-electron chi connectivity index (χ1n) is 10.2. The molecule has 9 heteroatoms. The van der Waals surface area contributed by atoms with Gasteiger partial charge < -0.3 is 19.3 Å². The Labute approximate surface area is 179 Å². The third kappa shape index (κ3) is 4.18. The van der Waals surface area contributed by atoms with Gasteiger partial charge >= 0.3 is 6.09 Å². The van der Waals surface area contributed by atoms with Crippen molar-refractivity contribution in [3.63, 3.8) is 0 Å². The Morgan fingerprint density at radius 1 is 1.24 bits per heavy atom. The van der Waals surface area contributed by atoms with Crippen LogP contribution in [0.4, 0.5) is 10.6 Å². The van der Waals surface area contributed by atoms with Crippen molar-refractivity contribution in [2.45, 2.75) is 51.5 Å². The highest BCUT2D eigenvalue weighted by Crippen LogP contribution is 2.42. The van der Waals surface area contributed by atoms with Crippen LogP contribution in [0.5, 0.6) is 0 Å². The number of carbonyl (C=O) groups excluding carboxylic acids is 1. The van der Waals surface area contributed by atoms with E-state index < -0.39 is 0 Å². The number of hydrogen-bond donors (Lipinski definition) is 0. The van der Waals surface area contributed by atoms with Crippen molar-refractivity contribution in [1.29, 1.82) is 0 Å². The molecule has 0 unspecified atom stereocenters. The van der Waals surface area contributed by atoms with Gasteiger partial charge in [-0.05, 0) is 32.1 Å². The first-order valence-corrected chi connectivity index (χ1v) is 12.0. The molecule has 1 saturated heterocycles. The van der Waals surface area contributed by atoms with Gasteiger partial charge in [0.05, 0.1) is 24.2 Å². The highest BCUT2D eigenvalue weighted by atomic mass is 32.2. The summed E-state index contributed by atoms with van der Waals surface area (Å²) in [5.74, 6) is 1.94. The zero-order valence-electron chi connectivity index (χ0n) is 17.5. The van der Waals surface area contributed by atoms with Crippen LogP contribution >= 0.6 is 23.1 Å². The molecule has 0 aliphatic carbocycles. The van der Waals surface area contributed by atoms with Crippen LogP contribution in [0.15, 0.2) is 5.16 Å². The van der Waals surface area contributed by atoms with Gasteiger partial charge in [0.25, 0.3) is 0 Å². The molecular formula is C20H28N4O3S2. The van der Waals surface area contributed by atoms with Crippen LogP contribution in [0.25, 0.3) is 10.2 Å². The minimum absolute atomic E-state index is 0.183. The highest BCUT2D eigenvalue weighted by Gasteiger charge is 2.33. The SMILES string of the molecule is CCOC(=O)N1CCN(c2nc(SCC)nc3sc4c(c23)CC(C)(C)OC4)CC1. The van der Waals surface area contributed by atoms with Crippen LogP contribution in [0.3, 0.4) is 0 Å². The molecule has 4 heterocycles. The van der Waals surface area contributed by atoms with Gasteiger partial charge in [0.2, 0.25) is 0 Å². The number of hydrogen-bond acceptors (Lipinski definition) is 8. The first kappa shape index (κ1) is 20.7. The zero-order valence-corrected chi connectivity index (χ0v) is 19.1. The second-order valence-electron chi connectivity index (χ2n) is 7.84. The number of piperazine rings is 1. The van der Waals surface area contributed by atoms with Crippen LogP contribution in [0, 0.1) is 0 Å². The summed E-state index contributed by atoms with van der Waals surface area (Å²) in [6.07, 6.45) is 0.635. The summed E-state index contributed by atoms with van der Waals surface area (Å²) >= 11 is 3.40. The van der Waals surface area contributed by atoms with Gasteiger partial charge in [-0.3, -0.25) is 0 Å². The fourth-order valence-corrected chi connectivity index (χ4v) is 5.56. The van der Waals surface area contributed by atoms with E-state index in [2.05, 4.69) is 25.7 Å². The third-order valence-corrected chi connectivity index (χ3v) is 7.10. The lowest BCUT2D eigenvalue weighted by Crippen LogP contribution is -2.49. The quantitative estimate of drug-likeness (QED) is 0.531. The van der Waals surface area contributed by atoms with Crippen molar-refractivity contribution in [2.24, 2.45) is 0 Å². The molecule has 158 valence electrons. The standard InChI is InChI=1S/C20H28N4O3S2/c1-5-26-19(25)24-9-7-23(8-10-24)16-15-13-11-20(3,4)27-12-14(13)29-17(15)22-18(21-16)28-6-2/h5-12H2,1-4H3. The molecule has 4 rings (SSSR count). The summed E-state index contributed by atoms with van der Waals surface area (Å²) < 4.78 is 11.2. The number of ether oxygens (including phenoxy) is 2. The van der Waals surface area contributed by atoms with E-state index in [-0.39, 0.29) is 11.7 Å². The topological polar surface area (TPSA) is 67.8 Å². The summed E-state index contributed by atoms with van der Waals surface area (Å²) in [6, 6.07) is 0. The van der Waals surface area contributed by atoms with E-state index in [9.17, 15) is 4.79 Å². The molecule has 1 fully saturated rings. The molecule has 0 saturated carbocycles. The van der Waals surface area contributed by atoms with Crippen molar-refractivity contribution in [1.82, 2.24) is 14.9 Å². The molecule has 0 N–H and O–H groups in total. The number of rotatable bonds is 4. The maximum Gasteiger partial charge on any atom is 0.409 e. The van der Waals surface area contributed by atoms with Crippen LogP contribution in [0.2, 0.25) is 0 Å². The number of anilines is 1. The Kier molecular flexibility index (Phi) is 5.90. The molecule has 0 aromatic carbocycles. The molecule has 2 aromatic heterocycles. The van der Waals surface area contributed by atoms with E-state index >= 15 is 0 Å². The normalized spacial score (nSPS) is 18.8. The molecule has 29 heavy (non-hydrogen) atoms. The van der Waals surface area contributed by atoms with Crippen molar-refractivity contribution in [2.75, 3.05) is 43.4 Å². The summed E-state index contributed by atoms with van der Waals surface area (Å²) in [4.78, 5) is 28.2. The second-order valence-corrected chi connectivity index (χ2v) is 10.2. The van der Waals surface area contributed by atoms with Crippen LogP contribution < -0.4 is 4.90 Å². The molecule has 0 bridgehead atoms. The lowest BCUT2D eigenvalue weighted by atomic mass is 9.94. The fourth-order valence-electron chi connectivity index (χ4n) is 3.84. The summed E-state index contributed by atoms with van der Waals surface area (Å²) in [5.41, 5.74) is 1.15. The van der Waals surface area contributed by atoms with Gasteiger partial charge in [-0.1, -0.05) is 18.7 Å². The average Bonchev–Trinajstić information content (AvgIpc) is 3.04. The van der Waals surface area contributed by atoms with E-state index in [1.54, 1.807) is 28.0 Å². The highest BCUT2D eigenvalue weighted by molar-refractivity contribution is 7.99.